The minimum atomic E-state index is 0. The van der Waals surface area contributed by atoms with Gasteiger partial charge < -0.3 is 12.6 Å². The van der Waals surface area contributed by atoms with Crippen LogP contribution in [0.25, 0.3) is 0 Å². The summed E-state index contributed by atoms with van der Waals surface area (Å²) < 4.78 is 0. The molecule has 0 fully saturated rings. The van der Waals surface area contributed by atoms with Gasteiger partial charge in [0.05, 0.1) is 0 Å². The monoisotopic (exact) mass is 308 g/mol. The third-order valence-corrected chi connectivity index (χ3v) is 2.09. The second-order valence-corrected chi connectivity index (χ2v) is 2.54. The van der Waals surface area contributed by atoms with Crippen molar-refractivity contribution in [3.05, 3.63) is 22.4 Å². The van der Waals surface area contributed by atoms with Crippen LogP contribution >= 0.6 is 27.3 Å². The van der Waals surface area contributed by atoms with Crippen molar-refractivity contribution < 1.29 is 58.2 Å². The van der Waals surface area contributed by atoms with E-state index in [-0.39, 0.29) is 58.2 Å². The standard InChI is InChI=1S/C5H6S2.CH3Br.Rb/c6-4-5-2-1-3-7-5;1-2;/h1-3,6H,4H2;1H3;/q;;+1/p-1. The Morgan fingerprint density at radius 1 is 1.60 bits per heavy atom. The van der Waals surface area contributed by atoms with Crippen molar-refractivity contribution >= 4 is 39.9 Å². The Hall–Kier alpha value is 2.34. The van der Waals surface area contributed by atoms with Gasteiger partial charge in [0.25, 0.3) is 0 Å². The van der Waals surface area contributed by atoms with E-state index >= 15 is 0 Å². The first-order chi connectivity index (χ1) is 4.43. The molecule has 0 saturated carbocycles. The maximum atomic E-state index is 4.78. The molecule has 0 spiro atoms. The molecule has 0 amide bonds. The fourth-order valence-corrected chi connectivity index (χ4v) is 1.25. The molecule has 0 aliphatic rings. The summed E-state index contributed by atoms with van der Waals surface area (Å²) >= 11 is 9.44. The van der Waals surface area contributed by atoms with E-state index < -0.39 is 0 Å². The second kappa shape index (κ2) is 11.3. The van der Waals surface area contributed by atoms with Crippen LogP contribution in [0.4, 0.5) is 0 Å². The Balaban J connectivity index is 0. The summed E-state index contributed by atoms with van der Waals surface area (Å²) in [5, 5.41) is 2.04. The van der Waals surface area contributed by atoms with Crippen molar-refractivity contribution in [3.8, 4) is 0 Å². The van der Waals surface area contributed by atoms with Crippen LogP contribution in [0.3, 0.4) is 0 Å². The van der Waals surface area contributed by atoms with Crippen LogP contribution in [-0.2, 0) is 18.4 Å². The van der Waals surface area contributed by atoms with Crippen molar-refractivity contribution in [2.75, 3.05) is 5.83 Å². The molecule has 1 aromatic rings. The van der Waals surface area contributed by atoms with Crippen molar-refractivity contribution in [3.63, 3.8) is 0 Å². The minimum absolute atomic E-state index is 0. The molecule has 4 heteroatoms. The smallest absolute Gasteiger partial charge is 0.787 e. The Labute approximate surface area is 129 Å². The first-order valence-corrected chi connectivity index (χ1v) is 5.46. The van der Waals surface area contributed by atoms with Crippen LogP contribution in [0.1, 0.15) is 4.88 Å². The average molecular weight is 310 g/mol. The quantitative estimate of drug-likeness (QED) is 0.512. The molecule has 10 heavy (non-hydrogen) atoms. The van der Waals surface area contributed by atoms with Crippen LogP contribution < -0.4 is 58.2 Å². The van der Waals surface area contributed by atoms with Crippen molar-refractivity contribution in [2.24, 2.45) is 0 Å². The molecule has 1 heterocycles. The molecule has 1 aromatic heterocycles. The van der Waals surface area contributed by atoms with E-state index in [4.69, 9.17) is 12.6 Å². The molecule has 0 N–H and O–H groups in total. The van der Waals surface area contributed by atoms with E-state index in [1.165, 1.54) is 4.88 Å². The summed E-state index contributed by atoms with van der Waals surface area (Å²) in [6.07, 6.45) is 0. The Morgan fingerprint density at radius 3 is 2.40 bits per heavy atom. The summed E-state index contributed by atoms with van der Waals surface area (Å²) in [4.78, 5) is 1.29. The van der Waals surface area contributed by atoms with E-state index in [2.05, 4.69) is 22.0 Å². The average Bonchev–Trinajstić information content (AvgIpc) is 2.43. The summed E-state index contributed by atoms with van der Waals surface area (Å²) in [6.45, 7) is 0. The molecule has 0 unspecified atom stereocenters. The van der Waals surface area contributed by atoms with E-state index in [9.17, 15) is 0 Å². The fraction of sp³-hybridized carbons (Fsp3) is 0.333. The maximum Gasteiger partial charge on any atom is 1.00 e. The predicted molar refractivity (Wildman–Crippen MR) is 50.2 cm³/mol. The van der Waals surface area contributed by atoms with Gasteiger partial charge in [-0.2, -0.15) is 11.3 Å². The van der Waals surface area contributed by atoms with E-state index in [1.54, 1.807) is 11.3 Å². The summed E-state index contributed by atoms with van der Waals surface area (Å²) in [7, 11) is 0. The van der Waals surface area contributed by atoms with Gasteiger partial charge in [-0.1, -0.05) is 28.1 Å². The third-order valence-electron chi connectivity index (χ3n) is 0.722. The Morgan fingerprint density at radius 2 is 2.20 bits per heavy atom. The van der Waals surface area contributed by atoms with Crippen molar-refractivity contribution in [1.29, 1.82) is 0 Å². The normalized spacial score (nSPS) is 7.10. The number of hydrogen-bond acceptors (Lipinski definition) is 2. The van der Waals surface area contributed by atoms with Crippen LogP contribution in [0, 0.1) is 0 Å². The zero-order chi connectivity index (χ0) is 7.11. The van der Waals surface area contributed by atoms with E-state index in [0.29, 0.717) is 0 Å². The fourth-order valence-electron chi connectivity index (χ4n) is 0.395. The van der Waals surface area contributed by atoms with E-state index in [0.717, 1.165) is 5.75 Å². The third kappa shape index (κ3) is 7.01. The zero-order valence-electron chi connectivity index (χ0n) is 6.13. The van der Waals surface area contributed by atoms with Gasteiger partial charge in [0.1, 0.15) is 0 Å². The first kappa shape index (κ1) is 14.8. The molecule has 0 atom stereocenters. The van der Waals surface area contributed by atoms with Crippen molar-refractivity contribution in [1.82, 2.24) is 0 Å². The van der Waals surface area contributed by atoms with Gasteiger partial charge in [-0.3, -0.25) is 0 Å². The van der Waals surface area contributed by atoms with Crippen LogP contribution in [0.5, 0.6) is 0 Å². The maximum absolute atomic E-state index is 4.78. The zero-order valence-corrected chi connectivity index (χ0v) is 14.3. The van der Waals surface area contributed by atoms with Crippen LogP contribution in [0.2, 0.25) is 0 Å². The molecule has 0 bridgehead atoms. The number of alkyl halides is 1. The SMILES string of the molecule is CBr.[Rb+].[S-]Cc1cccs1. The van der Waals surface area contributed by atoms with Gasteiger partial charge >= 0.3 is 58.2 Å². The summed E-state index contributed by atoms with van der Waals surface area (Å²) in [5.41, 5.74) is 0. The molecular formula is C6H8BrRbS2. The molecule has 0 aliphatic heterocycles. The number of halogens is 1. The molecule has 0 aliphatic carbocycles. The first-order valence-electron chi connectivity index (χ1n) is 2.42. The van der Waals surface area contributed by atoms with Gasteiger partial charge in [0.2, 0.25) is 0 Å². The van der Waals surface area contributed by atoms with Gasteiger partial charge in [-0.15, -0.1) is 5.75 Å². The summed E-state index contributed by atoms with van der Waals surface area (Å²) in [5.74, 6) is 2.57. The number of hydrogen-bond donors (Lipinski definition) is 0. The van der Waals surface area contributed by atoms with Gasteiger partial charge in [-0.05, 0) is 16.1 Å². The molecular weight excluding hydrogens is 302 g/mol. The minimum Gasteiger partial charge on any atom is -0.787 e. The molecule has 0 aromatic carbocycles. The number of thiophene rings is 1. The molecule has 0 radical (unpaired) electrons. The van der Waals surface area contributed by atoms with Crippen molar-refractivity contribution in [2.45, 2.75) is 5.75 Å². The Kier molecular flexibility index (Phi) is 16.8. The molecule has 0 saturated heterocycles. The van der Waals surface area contributed by atoms with Gasteiger partial charge in [0.15, 0.2) is 0 Å². The second-order valence-electron chi connectivity index (χ2n) is 1.22. The predicted octanol–water partition coefficient (Wildman–Crippen LogP) is -0.190. The van der Waals surface area contributed by atoms with Gasteiger partial charge in [-0.25, -0.2) is 0 Å². The topological polar surface area (TPSA) is 0 Å². The molecule has 52 valence electrons. The summed E-state index contributed by atoms with van der Waals surface area (Å²) in [6, 6.07) is 4.07. The van der Waals surface area contributed by atoms with E-state index in [1.807, 2.05) is 17.3 Å². The van der Waals surface area contributed by atoms with Crippen LogP contribution in [0.15, 0.2) is 17.5 Å². The van der Waals surface area contributed by atoms with Crippen LogP contribution in [-0.4, -0.2) is 5.83 Å². The van der Waals surface area contributed by atoms with Gasteiger partial charge in [0, 0.05) is 0 Å². The molecule has 0 nitrogen and oxygen atoms in total. The number of rotatable bonds is 1. The molecule has 1 rings (SSSR count). The Bertz CT molecular complexity index is 130. The largest absolute Gasteiger partial charge is 1.00 e.